The van der Waals surface area contributed by atoms with Crippen LogP contribution in [0.1, 0.15) is 0 Å². The van der Waals surface area contributed by atoms with E-state index in [2.05, 4.69) is 30.8 Å². The van der Waals surface area contributed by atoms with Crippen LogP contribution < -0.4 is 9.46 Å². The minimum atomic E-state index is -3.56. The van der Waals surface area contributed by atoms with Gasteiger partial charge in [0.1, 0.15) is 6.61 Å². The molecule has 8 heteroatoms. The maximum absolute atomic E-state index is 12.1. The average molecular weight is 434 g/mol. The molecular weight excluding hydrogens is 418 g/mol. The number of rotatable bonds is 7. The first kappa shape index (κ1) is 18.5. The van der Waals surface area contributed by atoms with Gasteiger partial charge in [0.05, 0.1) is 10.6 Å². The number of hydrogen-bond donors (Lipinski definition) is 1. The molecule has 0 saturated carbocycles. The van der Waals surface area contributed by atoms with Gasteiger partial charge >= 0.3 is 0 Å². The van der Waals surface area contributed by atoms with Gasteiger partial charge in [-0.3, -0.25) is 0 Å². The molecule has 6 nitrogen and oxygen atoms in total. The molecule has 1 heterocycles. The highest BCUT2D eigenvalue weighted by Crippen LogP contribution is 2.17. The van der Waals surface area contributed by atoms with Crippen LogP contribution in [0.25, 0.3) is 11.3 Å². The quantitative estimate of drug-likeness (QED) is 0.578. The normalized spacial score (nSPS) is 11.3. The number of benzene rings is 2. The summed E-state index contributed by atoms with van der Waals surface area (Å²) >= 11 is 3.27. The Morgan fingerprint density at radius 1 is 0.923 bits per heavy atom. The predicted octanol–water partition coefficient (Wildman–Crippen LogP) is 3.26. The van der Waals surface area contributed by atoms with Gasteiger partial charge < -0.3 is 4.74 Å². The van der Waals surface area contributed by atoms with Gasteiger partial charge in [0, 0.05) is 22.6 Å². The smallest absolute Gasteiger partial charge is 0.240 e. The zero-order valence-electron chi connectivity index (χ0n) is 13.7. The number of nitrogens with one attached hydrogen (secondary N) is 1. The van der Waals surface area contributed by atoms with Crippen LogP contribution in [0.4, 0.5) is 0 Å². The fourth-order valence-electron chi connectivity index (χ4n) is 2.19. The number of nitrogens with zero attached hydrogens (tertiary/aromatic N) is 2. The Kier molecular flexibility index (Phi) is 5.97. The number of hydrogen-bond acceptors (Lipinski definition) is 5. The van der Waals surface area contributed by atoms with Crippen molar-refractivity contribution in [3.8, 4) is 17.1 Å². The van der Waals surface area contributed by atoms with Crippen LogP contribution in [-0.4, -0.2) is 31.8 Å². The maximum atomic E-state index is 12.1. The lowest BCUT2D eigenvalue weighted by Gasteiger charge is -2.08. The van der Waals surface area contributed by atoms with E-state index in [1.165, 1.54) is 12.1 Å². The minimum Gasteiger partial charge on any atom is -0.475 e. The molecule has 2 aromatic carbocycles. The maximum Gasteiger partial charge on any atom is 0.240 e. The van der Waals surface area contributed by atoms with Crippen molar-refractivity contribution in [2.24, 2.45) is 0 Å². The highest BCUT2D eigenvalue weighted by Gasteiger charge is 2.13. The first-order valence-electron chi connectivity index (χ1n) is 7.82. The molecule has 3 rings (SSSR count). The Hall–Kier alpha value is -2.29. The topological polar surface area (TPSA) is 81.2 Å². The Bertz CT molecular complexity index is 947. The fraction of sp³-hybridized carbons (Fsp3) is 0.111. The van der Waals surface area contributed by atoms with Gasteiger partial charge in [-0.15, -0.1) is 10.2 Å². The lowest BCUT2D eigenvalue weighted by Crippen LogP contribution is -2.28. The van der Waals surface area contributed by atoms with E-state index in [0.29, 0.717) is 5.88 Å². The van der Waals surface area contributed by atoms with Crippen molar-refractivity contribution in [3.63, 3.8) is 0 Å². The molecule has 1 aromatic heterocycles. The van der Waals surface area contributed by atoms with E-state index in [-0.39, 0.29) is 18.0 Å². The van der Waals surface area contributed by atoms with Crippen LogP contribution in [0.2, 0.25) is 0 Å². The highest BCUT2D eigenvalue weighted by atomic mass is 79.9. The van der Waals surface area contributed by atoms with Crippen LogP contribution in [-0.2, 0) is 10.0 Å². The third-order valence-corrected chi connectivity index (χ3v) is 5.48. The van der Waals surface area contributed by atoms with Gasteiger partial charge in [-0.25, -0.2) is 13.1 Å². The first-order chi connectivity index (χ1) is 12.5. The van der Waals surface area contributed by atoms with Crippen molar-refractivity contribution in [2.75, 3.05) is 13.2 Å². The molecule has 0 spiro atoms. The van der Waals surface area contributed by atoms with Gasteiger partial charge in [0.2, 0.25) is 15.9 Å². The van der Waals surface area contributed by atoms with E-state index in [9.17, 15) is 8.42 Å². The van der Waals surface area contributed by atoms with Crippen molar-refractivity contribution in [3.05, 3.63) is 71.2 Å². The summed E-state index contributed by atoms with van der Waals surface area (Å²) in [5, 5.41) is 8.12. The third-order valence-electron chi connectivity index (χ3n) is 3.48. The minimum absolute atomic E-state index is 0.126. The van der Waals surface area contributed by atoms with Crippen LogP contribution in [0.5, 0.6) is 5.88 Å². The molecule has 0 aliphatic heterocycles. The summed E-state index contributed by atoms with van der Waals surface area (Å²) in [5.41, 5.74) is 1.71. The molecule has 26 heavy (non-hydrogen) atoms. The van der Waals surface area contributed by atoms with Crippen LogP contribution in [0, 0.1) is 0 Å². The summed E-state index contributed by atoms with van der Waals surface area (Å²) in [7, 11) is -3.56. The number of aromatic nitrogens is 2. The molecule has 0 atom stereocenters. The van der Waals surface area contributed by atoms with Crippen LogP contribution >= 0.6 is 15.9 Å². The lowest BCUT2D eigenvalue weighted by atomic mass is 10.1. The molecule has 3 aromatic rings. The van der Waals surface area contributed by atoms with Crippen molar-refractivity contribution < 1.29 is 13.2 Å². The third kappa shape index (κ3) is 4.87. The van der Waals surface area contributed by atoms with Crippen molar-refractivity contribution >= 4 is 26.0 Å². The molecule has 0 unspecified atom stereocenters. The molecule has 134 valence electrons. The van der Waals surface area contributed by atoms with Gasteiger partial charge in [0.25, 0.3) is 0 Å². The molecule has 0 saturated heterocycles. The summed E-state index contributed by atoms with van der Waals surface area (Å²) in [5.74, 6) is 0.340. The summed E-state index contributed by atoms with van der Waals surface area (Å²) in [6.07, 6.45) is 0. The second kappa shape index (κ2) is 8.39. The van der Waals surface area contributed by atoms with Crippen molar-refractivity contribution in [1.82, 2.24) is 14.9 Å². The SMILES string of the molecule is O=S(=O)(NCCOc1ccc(-c2ccccc2)nn1)c1ccc(Br)cc1. The Balaban J connectivity index is 1.51. The van der Waals surface area contributed by atoms with Crippen LogP contribution in [0.15, 0.2) is 76.1 Å². The largest absolute Gasteiger partial charge is 0.475 e. The first-order valence-corrected chi connectivity index (χ1v) is 10.1. The fourth-order valence-corrected chi connectivity index (χ4v) is 3.47. The van der Waals surface area contributed by atoms with E-state index in [1.54, 1.807) is 18.2 Å². The average Bonchev–Trinajstić information content (AvgIpc) is 2.67. The van der Waals surface area contributed by atoms with E-state index in [4.69, 9.17) is 4.74 Å². The molecule has 1 N–H and O–H groups in total. The molecular formula is C18H16BrN3O3S. The summed E-state index contributed by atoms with van der Waals surface area (Å²) in [4.78, 5) is 0.202. The highest BCUT2D eigenvalue weighted by molar-refractivity contribution is 9.10. The second-order valence-corrected chi connectivity index (χ2v) is 8.01. The summed E-state index contributed by atoms with van der Waals surface area (Å²) in [6, 6.07) is 19.6. The number of halogens is 1. The Labute approximate surface area is 160 Å². The zero-order chi connectivity index (χ0) is 18.4. The van der Waals surface area contributed by atoms with E-state index in [0.717, 1.165) is 15.7 Å². The standard InChI is InChI=1S/C18H16BrN3O3S/c19-15-6-8-16(9-7-15)26(23,24)20-12-13-25-18-11-10-17(21-22-18)14-4-2-1-3-5-14/h1-11,20H,12-13H2. The zero-order valence-corrected chi connectivity index (χ0v) is 16.1. The summed E-state index contributed by atoms with van der Waals surface area (Å²) in [6.45, 7) is 0.273. The second-order valence-electron chi connectivity index (χ2n) is 5.32. The molecule has 0 fully saturated rings. The van der Waals surface area contributed by atoms with Crippen LogP contribution in [0.3, 0.4) is 0 Å². The van der Waals surface area contributed by atoms with Crippen molar-refractivity contribution in [2.45, 2.75) is 4.90 Å². The molecule has 0 aliphatic rings. The Morgan fingerprint density at radius 3 is 2.31 bits per heavy atom. The summed E-state index contributed by atoms with van der Waals surface area (Å²) < 4.78 is 33.0. The van der Waals surface area contributed by atoms with Gasteiger partial charge in [-0.1, -0.05) is 46.3 Å². The van der Waals surface area contributed by atoms with E-state index < -0.39 is 10.0 Å². The molecule has 0 radical (unpaired) electrons. The predicted molar refractivity (Wildman–Crippen MR) is 102 cm³/mol. The van der Waals surface area contributed by atoms with Gasteiger partial charge in [-0.05, 0) is 30.3 Å². The molecule has 0 bridgehead atoms. The Morgan fingerprint density at radius 2 is 1.65 bits per heavy atom. The number of ether oxygens (including phenoxy) is 1. The lowest BCUT2D eigenvalue weighted by molar-refractivity contribution is 0.307. The number of sulfonamides is 1. The monoisotopic (exact) mass is 433 g/mol. The van der Waals surface area contributed by atoms with E-state index in [1.807, 2.05) is 36.4 Å². The van der Waals surface area contributed by atoms with Gasteiger partial charge in [-0.2, -0.15) is 0 Å². The van der Waals surface area contributed by atoms with E-state index >= 15 is 0 Å². The van der Waals surface area contributed by atoms with Crippen molar-refractivity contribution in [1.29, 1.82) is 0 Å². The molecule has 0 amide bonds. The van der Waals surface area contributed by atoms with Gasteiger partial charge in [0.15, 0.2) is 0 Å². The molecule has 0 aliphatic carbocycles.